The summed E-state index contributed by atoms with van der Waals surface area (Å²) in [4.78, 5) is 23.3. The molecular weight excluding hydrogens is 306 g/mol. The van der Waals surface area contributed by atoms with Crippen molar-refractivity contribution in [1.29, 1.82) is 0 Å². The van der Waals surface area contributed by atoms with Crippen LogP contribution in [0.5, 0.6) is 5.75 Å². The van der Waals surface area contributed by atoms with Gasteiger partial charge in [-0.1, -0.05) is 0 Å². The van der Waals surface area contributed by atoms with Crippen LogP contribution in [0.2, 0.25) is 0 Å². The highest BCUT2D eigenvalue weighted by Crippen LogP contribution is 2.44. The molecule has 2 atom stereocenters. The van der Waals surface area contributed by atoms with E-state index in [0.29, 0.717) is 25.1 Å². The highest BCUT2D eigenvalue weighted by Gasteiger charge is 2.42. The Morgan fingerprint density at radius 2 is 2.29 bits per heavy atom. The second-order valence-corrected chi connectivity index (χ2v) is 7.00. The molecule has 6 nitrogen and oxygen atoms in total. The number of aromatic nitrogens is 3. The molecular formula is C18H23N3O3. The SMILES string of the molecule is CC(=O)CCC(C)(O)c1cc2c(c(C)n1)OC[C@]2(C)c1ncc[nH]1. The molecule has 2 aromatic heterocycles. The predicted molar refractivity (Wildman–Crippen MR) is 89.0 cm³/mol. The summed E-state index contributed by atoms with van der Waals surface area (Å²) in [6.07, 6.45) is 4.16. The van der Waals surface area contributed by atoms with Gasteiger partial charge in [0.2, 0.25) is 0 Å². The Kier molecular flexibility index (Phi) is 3.95. The second kappa shape index (κ2) is 5.70. The van der Waals surface area contributed by atoms with Crippen LogP contribution in [-0.4, -0.2) is 32.4 Å². The van der Waals surface area contributed by atoms with Crippen LogP contribution in [0.1, 0.15) is 56.4 Å². The summed E-state index contributed by atoms with van der Waals surface area (Å²) in [5.74, 6) is 1.62. The van der Waals surface area contributed by atoms with Gasteiger partial charge in [0.25, 0.3) is 0 Å². The predicted octanol–water partition coefficient (Wildman–Crippen LogP) is 2.39. The summed E-state index contributed by atoms with van der Waals surface area (Å²) in [5.41, 5.74) is 0.669. The fourth-order valence-corrected chi connectivity index (χ4v) is 3.13. The van der Waals surface area contributed by atoms with Crippen molar-refractivity contribution in [3.63, 3.8) is 0 Å². The van der Waals surface area contributed by atoms with Gasteiger partial charge in [-0.25, -0.2) is 4.98 Å². The molecule has 2 N–H and O–H groups in total. The van der Waals surface area contributed by atoms with E-state index in [9.17, 15) is 9.90 Å². The molecule has 0 saturated carbocycles. The molecule has 0 spiro atoms. The van der Waals surface area contributed by atoms with E-state index >= 15 is 0 Å². The van der Waals surface area contributed by atoms with Crippen LogP contribution < -0.4 is 4.74 Å². The first-order valence-electron chi connectivity index (χ1n) is 8.11. The van der Waals surface area contributed by atoms with Crippen molar-refractivity contribution in [2.45, 2.75) is 51.6 Å². The number of hydrogen-bond donors (Lipinski definition) is 2. The van der Waals surface area contributed by atoms with E-state index in [1.54, 1.807) is 19.3 Å². The monoisotopic (exact) mass is 329 g/mol. The molecule has 1 aliphatic heterocycles. The minimum Gasteiger partial charge on any atom is -0.490 e. The molecule has 0 radical (unpaired) electrons. The summed E-state index contributed by atoms with van der Waals surface area (Å²) in [6.45, 7) is 7.63. The Bertz CT molecular complexity index is 768. The number of ether oxygens (including phenoxy) is 1. The van der Waals surface area contributed by atoms with Gasteiger partial charge in [0.15, 0.2) is 0 Å². The minimum atomic E-state index is -1.17. The summed E-state index contributed by atoms with van der Waals surface area (Å²) in [5, 5.41) is 10.8. The molecule has 0 fully saturated rings. The number of aryl methyl sites for hydroxylation is 1. The zero-order valence-electron chi connectivity index (χ0n) is 14.5. The first-order chi connectivity index (χ1) is 11.2. The van der Waals surface area contributed by atoms with Gasteiger partial charge in [-0.3, -0.25) is 4.98 Å². The number of aromatic amines is 1. The zero-order valence-corrected chi connectivity index (χ0v) is 14.5. The summed E-state index contributed by atoms with van der Waals surface area (Å²) >= 11 is 0. The van der Waals surface area contributed by atoms with Gasteiger partial charge in [0, 0.05) is 24.4 Å². The Labute approximate surface area is 141 Å². The fraction of sp³-hybridized carbons (Fsp3) is 0.500. The van der Waals surface area contributed by atoms with E-state index in [0.717, 1.165) is 22.8 Å². The van der Waals surface area contributed by atoms with E-state index in [1.807, 2.05) is 13.0 Å². The Balaban J connectivity index is 2.05. The number of hydrogen-bond acceptors (Lipinski definition) is 5. The molecule has 128 valence electrons. The number of rotatable bonds is 5. The molecule has 3 rings (SSSR count). The Hall–Kier alpha value is -2.21. The number of aliphatic hydroxyl groups is 1. The lowest BCUT2D eigenvalue weighted by atomic mass is 9.82. The third kappa shape index (κ3) is 2.71. The van der Waals surface area contributed by atoms with Gasteiger partial charge in [-0.15, -0.1) is 0 Å². The van der Waals surface area contributed by atoms with Crippen LogP contribution in [0, 0.1) is 6.92 Å². The lowest BCUT2D eigenvalue weighted by Gasteiger charge is -2.25. The van der Waals surface area contributed by atoms with Crippen LogP contribution >= 0.6 is 0 Å². The van der Waals surface area contributed by atoms with Gasteiger partial charge in [0.05, 0.1) is 16.8 Å². The number of nitrogens with one attached hydrogen (secondary N) is 1. The first-order valence-corrected chi connectivity index (χ1v) is 8.11. The quantitative estimate of drug-likeness (QED) is 0.879. The van der Waals surface area contributed by atoms with Crippen molar-refractivity contribution >= 4 is 5.78 Å². The average molecular weight is 329 g/mol. The second-order valence-electron chi connectivity index (χ2n) is 7.00. The molecule has 1 unspecified atom stereocenters. The van der Waals surface area contributed by atoms with Gasteiger partial charge in [0.1, 0.15) is 29.6 Å². The molecule has 6 heteroatoms. The summed E-state index contributed by atoms with van der Waals surface area (Å²) < 4.78 is 5.88. The largest absolute Gasteiger partial charge is 0.490 e. The van der Waals surface area contributed by atoms with Crippen molar-refractivity contribution in [3.8, 4) is 5.75 Å². The number of ketones is 1. The number of Topliss-reactive ketones (excluding diaryl/α,β-unsaturated/α-hetero) is 1. The molecule has 0 saturated heterocycles. The van der Waals surface area contributed by atoms with Crippen LogP contribution in [0.15, 0.2) is 18.5 Å². The van der Waals surface area contributed by atoms with Crippen molar-refractivity contribution in [2.75, 3.05) is 6.61 Å². The maximum absolute atomic E-state index is 11.3. The van der Waals surface area contributed by atoms with E-state index in [2.05, 4.69) is 21.9 Å². The van der Waals surface area contributed by atoms with Crippen LogP contribution in [0.4, 0.5) is 0 Å². The maximum atomic E-state index is 11.3. The topological polar surface area (TPSA) is 88.1 Å². The highest BCUT2D eigenvalue weighted by molar-refractivity contribution is 5.75. The number of H-pyrrole nitrogens is 1. The van der Waals surface area contributed by atoms with Crippen molar-refractivity contribution in [2.24, 2.45) is 0 Å². The molecule has 0 amide bonds. The van der Waals surface area contributed by atoms with Gasteiger partial charge in [-0.2, -0.15) is 0 Å². The Morgan fingerprint density at radius 3 is 2.92 bits per heavy atom. The van der Waals surface area contributed by atoms with E-state index in [1.165, 1.54) is 6.92 Å². The van der Waals surface area contributed by atoms with Crippen molar-refractivity contribution < 1.29 is 14.6 Å². The standard InChI is InChI=1S/C18H23N3O3/c1-11(22)5-6-18(4,23)14-9-13-15(12(2)21-14)24-10-17(13,3)16-19-7-8-20-16/h7-9,23H,5-6,10H2,1-4H3,(H,19,20)/t17-,18?/m0/s1. The summed E-state index contributed by atoms with van der Waals surface area (Å²) in [7, 11) is 0. The van der Waals surface area contributed by atoms with Gasteiger partial charge >= 0.3 is 0 Å². The highest BCUT2D eigenvalue weighted by atomic mass is 16.5. The van der Waals surface area contributed by atoms with Gasteiger partial charge in [-0.05, 0) is 40.2 Å². The third-order valence-electron chi connectivity index (χ3n) is 4.78. The molecule has 1 aliphatic rings. The van der Waals surface area contributed by atoms with Crippen LogP contribution in [-0.2, 0) is 15.8 Å². The Morgan fingerprint density at radius 1 is 1.54 bits per heavy atom. The number of nitrogens with zero attached hydrogens (tertiary/aromatic N) is 2. The number of carbonyl (C=O) groups excluding carboxylic acids is 1. The normalized spacial score (nSPS) is 21.9. The van der Waals surface area contributed by atoms with E-state index < -0.39 is 11.0 Å². The molecule has 0 aromatic carbocycles. The zero-order chi connectivity index (χ0) is 17.5. The molecule has 0 bridgehead atoms. The molecule has 2 aromatic rings. The van der Waals surface area contributed by atoms with E-state index in [4.69, 9.17) is 4.74 Å². The van der Waals surface area contributed by atoms with Crippen LogP contribution in [0.3, 0.4) is 0 Å². The smallest absolute Gasteiger partial charge is 0.144 e. The maximum Gasteiger partial charge on any atom is 0.144 e. The van der Waals surface area contributed by atoms with Crippen LogP contribution in [0.25, 0.3) is 0 Å². The minimum absolute atomic E-state index is 0.0527. The number of fused-ring (bicyclic) bond motifs is 1. The molecule has 24 heavy (non-hydrogen) atoms. The fourth-order valence-electron chi connectivity index (χ4n) is 3.13. The lowest BCUT2D eigenvalue weighted by molar-refractivity contribution is -0.118. The number of carbonyl (C=O) groups is 1. The van der Waals surface area contributed by atoms with E-state index in [-0.39, 0.29) is 5.78 Å². The number of pyridine rings is 1. The molecule has 3 heterocycles. The third-order valence-corrected chi connectivity index (χ3v) is 4.78. The van der Waals surface area contributed by atoms with Crippen molar-refractivity contribution in [3.05, 3.63) is 41.2 Å². The number of imidazole rings is 1. The summed E-state index contributed by atoms with van der Waals surface area (Å²) in [6, 6.07) is 1.89. The lowest BCUT2D eigenvalue weighted by Crippen LogP contribution is -2.28. The average Bonchev–Trinajstić information content (AvgIpc) is 3.15. The van der Waals surface area contributed by atoms with Crippen molar-refractivity contribution in [1.82, 2.24) is 15.0 Å². The molecule has 0 aliphatic carbocycles. The first kappa shape index (κ1) is 16.6. The van der Waals surface area contributed by atoms with Gasteiger partial charge < -0.3 is 19.6 Å².